The van der Waals surface area contributed by atoms with Crippen molar-refractivity contribution in [2.24, 2.45) is 5.41 Å². The lowest BCUT2D eigenvalue weighted by Gasteiger charge is -2.56. The summed E-state index contributed by atoms with van der Waals surface area (Å²) in [6, 6.07) is 2.60. The predicted octanol–water partition coefficient (Wildman–Crippen LogP) is 3.57. The van der Waals surface area contributed by atoms with Crippen LogP contribution in [0.2, 0.25) is 0 Å². The lowest BCUT2D eigenvalue weighted by molar-refractivity contribution is -0.387. The van der Waals surface area contributed by atoms with Crippen LogP contribution in [0.25, 0.3) is 0 Å². The Morgan fingerprint density at radius 1 is 1.26 bits per heavy atom. The minimum absolute atomic E-state index is 0.0717. The monoisotopic (exact) mass is 396 g/mol. The molecule has 0 bridgehead atoms. The zero-order valence-corrected chi connectivity index (χ0v) is 17.2. The first kappa shape index (κ1) is 20.2. The highest BCUT2D eigenvalue weighted by atomic mass is 32.2. The topological polar surface area (TPSA) is 89.8 Å². The van der Waals surface area contributed by atoms with Crippen LogP contribution in [0.15, 0.2) is 17.0 Å². The van der Waals surface area contributed by atoms with Crippen molar-refractivity contribution in [1.29, 1.82) is 0 Å². The molecule has 0 unspecified atom stereocenters. The number of rotatable bonds is 6. The molecular weight excluding hydrogens is 368 g/mol. The van der Waals surface area contributed by atoms with Gasteiger partial charge in [0.1, 0.15) is 0 Å². The molecule has 2 saturated carbocycles. The molecule has 2 fully saturated rings. The number of benzene rings is 1. The predicted molar refractivity (Wildman–Crippen MR) is 102 cm³/mol. The first-order valence-corrected chi connectivity index (χ1v) is 10.9. The zero-order valence-electron chi connectivity index (χ0n) is 16.4. The third kappa shape index (κ3) is 3.17. The average molecular weight is 397 g/mol. The van der Waals surface area contributed by atoms with E-state index in [1.54, 1.807) is 20.9 Å². The van der Waals surface area contributed by atoms with Gasteiger partial charge in [0.15, 0.2) is 4.90 Å². The summed E-state index contributed by atoms with van der Waals surface area (Å²) in [4.78, 5) is 10.7. The number of hydrogen-bond donors (Lipinski definition) is 0. The van der Waals surface area contributed by atoms with Gasteiger partial charge >= 0.3 is 0 Å². The summed E-state index contributed by atoms with van der Waals surface area (Å²) in [5.74, 6) is 0. The van der Waals surface area contributed by atoms with Crippen molar-refractivity contribution in [2.45, 2.75) is 69.9 Å². The maximum atomic E-state index is 13.3. The Morgan fingerprint density at radius 2 is 1.85 bits per heavy atom. The Hall–Kier alpha value is -1.51. The van der Waals surface area contributed by atoms with E-state index in [-0.39, 0.29) is 28.1 Å². The molecule has 8 heteroatoms. The Bertz CT molecular complexity index is 846. The maximum Gasteiger partial charge on any atom is 0.289 e. The summed E-state index contributed by atoms with van der Waals surface area (Å²) < 4.78 is 33.9. The van der Waals surface area contributed by atoms with Gasteiger partial charge in [0.05, 0.1) is 11.0 Å². The minimum atomic E-state index is -3.98. The first-order valence-electron chi connectivity index (χ1n) is 9.50. The second-order valence-corrected chi connectivity index (χ2v) is 9.78. The van der Waals surface area contributed by atoms with Gasteiger partial charge in [-0.05, 0) is 57.2 Å². The molecule has 27 heavy (non-hydrogen) atoms. The third-order valence-corrected chi connectivity index (χ3v) is 8.41. The Balaban J connectivity index is 1.99. The fourth-order valence-corrected chi connectivity index (χ4v) is 6.47. The summed E-state index contributed by atoms with van der Waals surface area (Å²) in [5.41, 5.74) is 0.914. The van der Waals surface area contributed by atoms with E-state index in [4.69, 9.17) is 4.74 Å². The Labute approximate surface area is 160 Å². The van der Waals surface area contributed by atoms with Gasteiger partial charge in [0, 0.05) is 31.2 Å². The maximum absolute atomic E-state index is 13.3. The molecule has 0 saturated heterocycles. The number of sulfonamides is 1. The quantitative estimate of drug-likeness (QED) is 0.542. The van der Waals surface area contributed by atoms with Gasteiger partial charge in [-0.25, -0.2) is 8.42 Å². The van der Waals surface area contributed by atoms with E-state index in [1.165, 1.54) is 16.4 Å². The smallest absolute Gasteiger partial charge is 0.289 e. The SMILES string of the molecule is CCO[C@@H]1C[C@@H](N(C)S(=O)(=O)c2cc(C)c(C)cc2[N+](=O)[O-])C12CCCC2. The van der Waals surface area contributed by atoms with Crippen molar-refractivity contribution in [1.82, 2.24) is 4.31 Å². The summed E-state index contributed by atoms with van der Waals surface area (Å²) >= 11 is 0. The molecule has 1 aromatic carbocycles. The van der Waals surface area contributed by atoms with Crippen molar-refractivity contribution in [2.75, 3.05) is 13.7 Å². The van der Waals surface area contributed by atoms with Crippen LogP contribution in [0.5, 0.6) is 0 Å². The fraction of sp³-hybridized carbons (Fsp3) is 0.684. The standard InChI is InChI=1S/C19H28N2O5S/c1-5-26-18-12-17(19(18)8-6-7-9-19)20(4)27(24,25)16-11-14(3)13(2)10-15(16)21(22)23/h10-11,17-18H,5-9,12H2,1-4H3/t17-,18-/m1/s1. The van der Waals surface area contributed by atoms with Crippen molar-refractivity contribution in [3.05, 3.63) is 33.4 Å². The molecule has 1 aromatic rings. The second-order valence-electron chi connectivity index (χ2n) is 7.82. The van der Waals surface area contributed by atoms with E-state index in [1.807, 2.05) is 6.92 Å². The lowest BCUT2D eigenvalue weighted by Crippen LogP contribution is -2.63. The van der Waals surface area contributed by atoms with E-state index in [9.17, 15) is 18.5 Å². The number of hydrogen-bond acceptors (Lipinski definition) is 5. The van der Waals surface area contributed by atoms with Gasteiger partial charge in [0.2, 0.25) is 10.0 Å². The van der Waals surface area contributed by atoms with Gasteiger partial charge in [-0.15, -0.1) is 0 Å². The van der Waals surface area contributed by atoms with Gasteiger partial charge in [-0.3, -0.25) is 10.1 Å². The summed E-state index contributed by atoms with van der Waals surface area (Å²) in [6.45, 7) is 6.08. The van der Waals surface area contributed by atoms with Gasteiger partial charge in [0.25, 0.3) is 5.69 Å². The number of nitro benzene ring substituents is 1. The van der Waals surface area contributed by atoms with E-state index in [0.717, 1.165) is 31.2 Å². The zero-order chi connectivity index (χ0) is 20.0. The molecule has 0 aromatic heterocycles. The number of nitrogens with zero attached hydrogens (tertiary/aromatic N) is 2. The number of nitro groups is 1. The molecule has 0 radical (unpaired) electrons. The Morgan fingerprint density at radius 3 is 2.41 bits per heavy atom. The molecule has 2 atom stereocenters. The van der Waals surface area contributed by atoms with Gasteiger partial charge < -0.3 is 4.74 Å². The molecule has 0 amide bonds. The van der Waals surface area contributed by atoms with Gasteiger partial charge in [-0.1, -0.05) is 12.8 Å². The molecule has 0 aliphatic heterocycles. The van der Waals surface area contributed by atoms with Crippen LogP contribution in [-0.4, -0.2) is 43.4 Å². The largest absolute Gasteiger partial charge is 0.378 e. The molecular formula is C19H28N2O5S. The lowest BCUT2D eigenvalue weighted by atomic mass is 9.60. The number of ether oxygens (including phenoxy) is 1. The fourth-order valence-electron chi connectivity index (χ4n) is 4.81. The van der Waals surface area contributed by atoms with Crippen molar-refractivity contribution in [3.63, 3.8) is 0 Å². The van der Waals surface area contributed by atoms with E-state index < -0.39 is 14.9 Å². The minimum Gasteiger partial charge on any atom is -0.378 e. The van der Waals surface area contributed by atoms with Crippen LogP contribution >= 0.6 is 0 Å². The highest BCUT2D eigenvalue weighted by Crippen LogP contribution is 2.57. The molecule has 7 nitrogen and oxygen atoms in total. The van der Waals surface area contributed by atoms with Crippen LogP contribution in [0.1, 0.15) is 50.2 Å². The third-order valence-electron chi connectivity index (χ3n) is 6.51. The van der Waals surface area contributed by atoms with Crippen molar-refractivity contribution >= 4 is 15.7 Å². The van der Waals surface area contributed by atoms with Crippen LogP contribution in [0, 0.1) is 29.4 Å². The molecule has 0 N–H and O–H groups in total. The van der Waals surface area contributed by atoms with Crippen LogP contribution in [0.4, 0.5) is 5.69 Å². The van der Waals surface area contributed by atoms with Crippen molar-refractivity contribution in [3.8, 4) is 0 Å². The molecule has 150 valence electrons. The van der Waals surface area contributed by atoms with Crippen molar-refractivity contribution < 1.29 is 18.1 Å². The average Bonchev–Trinajstić information content (AvgIpc) is 3.12. The van der Waals surface area contributed by atoms with E-state index in [2.05, 4.69) is 0 Å². The second kappa shape index (κ2) is 7.14. The first-order chi connectivity index (χ1) is 12.6. The molecule has 3 rings (SSSR count). The number of aryl methyl sites for hydroxylation is 2. The highest BCUT2D eigenvalue weighted by molar-refractivity contribution is 7.89. The normalized spacial score (nSPS) is 24.3. The molecule has 2 aliphatic rings. The highest BCUT2D eigenvalue weighted by Gasteiger charge is 2.60. The summed E-state index contributed by atoms with van der Waals surface area (Å²) in [5, 5.41) is 11.5. The van der Waals surface area contributed by atoms with Gasteiger partial charge in [-0.2, -0.15) is 4.31 Å². The summed E-state index contributed by atoms with van der Waals surface area (Å²) in [6.07, 6.45) is 4.73. The van der Waals surface area contributed by atoms with E-state index >= 15 is 0 Å². The Kier molecular flexibility index (Phi) is 5.35. The molecule has 2 aliphatic carbocycles. The molecule has 0 heterocycles. The van der Waals surface area contributed by atoms with Crippen LogP contribution < -0.4 is 0 Å². The van der Waals surface area contributed by atoms with E-state index in [0.29, 0.717) is 18.6 Å². The molecule has 1 spiro atoms. The van der Waals surface area contributed by atoms with Crippen LogP contribution in [0.3, 0.4) is 0 Å². The van der Waals surface area contributed by atoms with Crippen LogP contribution in [-0.2, 0) is 14.8 Å². The summed E-state index contributed by atoms with van der Waals surface area (Å²) in [7, 11) is -2.42.